The highest BCUT2D eigenvalue weighted by Crippen LogP contribution is 2.13. The van der Waals surface area contributed by atoms with E-state index in [-0.39, 0.29) is 0 Å². The van der Waals surface area contributed by atoms with Gasteiger partial charge in [-0.15, -0.1) is 0 Å². The van der Waals surface area contributed by atoms with E-state index in [0.717, 1.165) is 54.6 Å². The Morgan fingerprint density at radius 1 is 1.30 bits per heavy atom. The molecule has 0 aliphatic carbocycles. The first kappa shape index (κ1) is 13.1. The molecule has 6 nitrogen and oxygen atoms in total. The van der Waals surface area contributed by atoms with Crippen LogP contribution in [0.25, 0.3) is 5.65 Å². The predicted octanol–water partition coefficient (Wildman–Crippen LogP) is 1.40. The molecule has 3 heterocycles. The summed E-state index contributed by atoms with van der Waals surface area (Å²) >= 11 is 0. The van der Waals surface area contributed by atoms with E-state index in [2.05, 4.69) is 27.1 Å². The first-order chi connectivity index (χ1) is 9.65. The van der Waals surface area contributed by atoms with Gasteiger partial charge < -0.3 is 4.74 Å². The minimum Gasteiger partial charge on any atom is -0.378 e. The van der Waals surface area contributed by atoms with Crippen molar-refractivity contribution in [1.82, 2.24) is 19.6 Å². The molecule has 0 unspecified atom stereocenters. The number of rotatable bonds is 2. The zero-order valence-electron chi connectivity index (χ0n) is 12.1. The molecule has 2 aromatic heterocycles. The van der Waals surface area contributed by atoms with Crippen LogP contribution in [-0.4, -0.2) is 51.6 Å². The van der Waals surface area contributed by atoms with E-state index in [9.17, 15) is 0 Å². The largest absolute Gasteiger partial charge is 0.378 e. The second-order valence-electron chi connectivity index (χ2n) is 5.06. The zero-order chi connectivity index (χ0) is 14.1. The van der Waals surface area contributed by atoms with Crippen LogP contribution in [-0.2, 0) is 4.74 Å². The van der Waals surface area contributed by atoms with Crippen molar-refractivity contribution in [3.8, 4) is 0 Å². The van der Waals surface area contributed by atoms with Gasteiger partial charge in [-0.25, -0.2) is 9.50 Å². The van der Waals surface area contributed by atoms with Crippen LogP contribution in [0.2, 0.25) is 0 Å². The fourth-order valence-corrected chi connectivity index (χ4v) is 2.44. The Bertz CT molecular complexity index is 655. The lowest BCUT2D eigenvalue weighted by Gasteiger charge is -2.24. The lowest BCUT2D eigenvalue weighted by atomic mass is 10.1. The van der Waals surface area contributed by atoms with E-state index >= 15 is 0 Å². The van der Waals surface area contributed by atoms with E-state index in [1.807, 2.05) is 30.6 Å². The maximum Gasteiger partial charge on any atom is 0.155 e. The van der Waals surface area contributed by atoms with Crippen LogP contribution in [0.5, 0.6) is 0 Å². The van der Waals surface area contributed by atoms with E-state index < -0.39 is 0 Å². The Kier molecular flexibility index (Phi) is 3.40. The van der Waals surface area contributed by atoms with Gasteiger partial charge in [0, 0.05) is 17.8 Å². The van der Waals surface area contributed by atoms with Crippen molar-refractivity contribution >= 4 is 11.4 Å². The van der Waals surface area contributed by atoms with Crippen molar-refractivity contribution in [2.45, 2.75) is 20.8 Å². The molecule has 1 saturated heterocycles. The molecular weight excluding hydrogens is 254 g/mol. The highest BCUT2D eigenvalue weighted by molar-refractivity contribution is 5.99. The number of fused-ring (bicyclic) bond motifs is 1. The summed E-state index contributed by atoms with van der Waals surface area (Å²) in [7, 11) is 0. The van der Waals surface area contributed by atoms with Gasteiger partial charge in [0.2, 0.25) is 0 Å². The van der Waals surface area contributed by atoms with Gasteiger partial charge in [0.05, 0.1) is 43.4 Å². The molecule has 0 atom stereocenters. The summed E-state index contributed by atoms with van der Waals surface area (Å²) in [6.07, 6.45) is 1.88. The molecule has 0 N–H and O–H groups in total. The normalized spacial score (nSPS) is 16.9. The lowest BCUT2D eigenvalue weighted by molar-refractivity contribution is 0.0393. The Balaban J connectivity index is 1.96. The number of morpholine rings is 1. The third kappa shape index (κ3) is 2.38. The lowest BCUT2D eigenvalue weighted by Crippen LogP contribution is -2.33. The maximum absolute atomic E-state index is 5.33. The van der Waals surface area contributed by atoms with Crippen LogP contribution in [0.3, 0.4) is 0 Å². The Hall–Kier alpha value is -1.95. The number of ether oxygens (including phenoxy) is 1. The maximum atomic E-state index is 5.33. The minimum absolute atomic E-state index is 0.741. The number of hydrazone groups is 1. The summed E-state index contributed by atoms with van der Waals surface area (Å²) in [5.74, 6) is 0. The molecule has 0 radical (unpaired) electrons. The SMILES string of the molecule is C/C(=N/N1CCOCC1)c1cnc2cc(C)nn2c1C. The summed E-state index contributed by atoms with van der Waals surface area (Å²) in [6.45, 7) is 9.20. The molecule has 6 heteroatoms. The molecular formula is C14H19N5O. The molecule has 0 spiro atoms. The molecule has 1 aliphatic heterocycles. The summed E-state index contributed by atoms with van der Waals surface area (Å²) < 4.78 is 7.21. The molecule has 0 amide bonds. The van der Waals surface area contributed by atoms with Gasteiger partial charge in [-0.2, -0.15) is 10.2 Å². The third-order valence-corrected chi connectivity index (χ3v) is 3.51. The summed E-state index contributed by atoms with van der Waals surface area (Å²) in [5, 5.41) is 11.2. The molecule has 20 heavy (non-hydrogen) atoms. The monoisotopic (exact) mass is 273 g/mol. The highest BCUT2D eigenvalue weighted by Gasteiger charge is 2.12. The quantitative estimate of drug-likeness (QED) is 0.776. The molecule has 0 aromatic carbocycles. The Labute approximate surface area is 118 Å². The van der Waals surface area contributed by atoms with Gasteiger partial charge in [0.15, 0.2) is 5.65 Å². The van der Waals surface area contributed by atoms with Crippen molar-refractivity contribution in [1.29, 1.82) is 0 Å². The van der Waals surface area contributed by atoms with Crippen LogP contribution in [0.15, 0.2) is 17.4 Å². The highest BCUT2D eigenvalue weighted by atomic mass is 16.5. The van der Waals surface area contributed by atoms with E-state index in [0.29, 0.717) is 0 Å². The molecule has 1 aliphatic rings. The van der Waals surface area contributed by atoms with Crippen LogP contribution >= 0.6 is 0 Å². The fraction of sp³-hybridized carbons (Fsp3) is 0.500. The van der Waals surface area contributed by atoms with Crippen LogP contribution in [0.4, 0.5) is 0 Å². The van der Waals surface area contributed by atoms with E-state index in [1.165, 1.54) is 0 Å². The fourth-order valence-electron chi connectivity index (χ4n) is 2.44. The minimum atomic E-state index is 0.741. The van der Waals surface area contributed by atoms with Crippen molar-refractivity contribution < 1.29 is 4.74 Å². The standard InChI is InChI=1S/C14H19N5O/c1-10-8-14-15-9-13(12(3)19(14)16-10)11(2)17-18-4-6-20-7-5-18/h8-9H,4-7H2,1-3H3/b17-11-. The molecule has 0 bridgehead atoms. The van der Waals surface area contributed by atoms with Crippen LogP contribution in [0, 0.1) is 13.8 Å². The summed E-state index contributed by atoms with van der Waals surface area (Å²) in [4.78, 5) is 4.45. The topological polar surface area (TPSA) is 55.0 Å². The number of aryl methyl sites for hydroxylation is 2. The van der Waals surface area contributed by atoms with Gasteiger partial charge in [-0.1, -0.05) is 0 Å². The van der Waals surface area contributed by atoms with Gasteiger partial charge in [-0.3, -0.25) is 5.01 Å². The van der Waals surface area contributed by atoms with Crippen LogP contribution in [0.1, 0.15) is 23.9 Å². The van der Waals surface area contributed by atoms with Gasteiger partial charge in [0.1, 0.15) is 0 Å². The van der Waals surface area contributed by atoms with Gasteiger partial charge in [-0.05, 0) is 20.8 Å². The first-order valence-electron chi connectivity index (χ1n) is 6.85. The first-order valence-corrected chi connectivity index (χ1v) is 6.85. The van der Waals surface area contributed by atoms with Crippen molar-refractivity contribution in [2.24, 2.45) is 5.10 Å². The van der Waals surface area contributed by atoms with Crippen molar-refractivity contribution in [3.63, 3.8) is 0 Å². The number of hydrogen-bond acceptors (Lipinski definition) is 5. The predicted molar refractivity (Wildman–Crippen MR) is 77.1 cm³/mol. The van der Waals surface area contributed by atoms with Gasteiger partial charge in [0.25, 0.3) is 0 Å². The smallest absolute Gasteiger partial charge is 0.155 e. The molecule has 1 fully saturated rings. The summed E-state index contributed by atoms with van der Waals surface area (Å²) in [6, 6.07) is 1.98. The average Bonchev–Trinajstić information content (AvgIpc) is 2.82. The van der Waals surface area contributed by atoms with Gasteiger partial charge >= 0.3 is 0 Å². The van der Waals surface area contributed by atoms with E-state index in [4.69, 9.17) is 4.74 Å². The summed E-state index contributed by atoms with van der Waals surface area (Å²) in [5.41, 5.74) is 4.92. The van der Waals surface area contributed by atoms with Crippen molar-refractivity contribution in [3.05, 3.63) is 29.2 Å². The number of nitrogens with zero attached hydrogens (tertiary/aromatic N) is 5. The molecule has 106 valence electrons. The Morgan fingerprint density at radius 3 is 2.80 bits per heavy atom. The average molecular weight is 273 g/mol. The molecule has 0 saturated carbocycles. The Morgan fingerprint density at radius 2 is 2.05 bits per heavy atom. The molecule has 3 rings (SSSR count). The number of aromatic nitrogens is 3. The molecule has 2 aromatic rings. The second-order valence-corrected chi connectivity index (χ2v) is 5.06. The van der Waals surface area contributed by atoms with Crippen LogP contribution < -0.4 is 0 Å². The number of hydrogen-bond donors (Lipinski definition) is 0. The zero-order valence-corrected chi connectivity index (χ0v) is 12.1. The van der Waals surface area contributed by atoms with Crippen molar-refractivity contribution in [2.75, 3.05) is 26.3 Å². The second kappa shape index (κ2) is 5.20. The third-order valence-electron chi connectivity index (χ3n) is 3.51. The van der Waals surface area contributed by atoms with E-state index in [1.54, 1.807) is 0 Å².